The van der Waals surface area contributed by atoms with Gasteiger partial charge in [-0.3, -0.25) is 0 Å². The SMILES string of the molecule is CC(C)OCCCNC1CC(c2ccccc2Cl)C1. The molecular weight excluding hydrogens is 258 g/mol. The lowest BCUT2D eigenvalue weighted by Crippen LogP contribution is -2.40. The minimum atomic E-state index is 0.341. The molecule has 2 nitrogen and oxygen atoms in total. The predicted octanol–water partition coefficient (Wildman–Crippen LogP) is 3.99. The number of benzene rings is 1. The van der Waals surface area contributed by atoms with Crippen molar-refractivity contribution in [3.8, 4) is 0 Å². The van der Waals surface area contributed by atoms with Crippen molar-refractivity contribution < 1.29 is 4.74 Å². The minimum Gasteiger partial charge on any atom is -0.379 e. The fourth-order valence-corrected chi connectivity index (χ4v) is 2.83. The first-order valence-electron chi connectivity index (χ1n) is 7.26. The van der Waals surface area contributed by atoms with Crippen LogP contribution in [0.5, 0.6) is 0 Å². The van der Waals surface area contributed by atoms with Crippen LogP contribution >= 0.6 is 11.6 Å². The first-order chi connectivity index (χ1) is 9.16. The highest BCUT2D eigenvalue weighted by molar-refractivity contribution is 6.31. The molecule has 19 heavy (non-hydrogen) atoms. The first kappa shape index (κ1) is 14.8. The van der Waals surface area contributed by atoms with E-state index in [9.17, 15) is 0 Å². The quantitative estimate of drug-likeness (QED) is 0.763. The van der Waals surface area contributed by atoms with E-state index in [2.05, 4.69) is 31.3 Å². The molecule has 0 saturated heterocycles. The number of ether oxygens (including phenoxy) is 1. The van der Waals surface area contributed by atoms with Crippen LogP contribution in [-0.2, 0) is 4.74 Å². The van der Waals surface area contributed by atoms with Gasteiger partial charge in [-0.15, -0.1) is 0 Å². The predicted molar refractivity (Wildman–Crippen MR) is 80.9 cm³/mol. The molecule has 1 saturated carbocycles. The summed E-state index contributed by atoms with van der Waals surface area (Å²) in [6.45, 7) is 6.05. The molecular formula is C16H24ClNO. The van der Waals surface area contributed by atoms with E-state index < -0.39 is 0 Å². The van der Waals surface area contributed by atoms with Crippen molar-refractivity contribution in [2.45, 2.75) is 51.2 Å². The Hall–Kier alpha value is -0.570. The van der Waals surface area contributed by atoms with E-state index in [1.165, 1.54) is 18.4 Å². The van der Waals surface area contributed by atoms with Crippen LogP contribution in [0.2, 0.25) is 5.02 Å². The number of hydrogen-bond acceptors (Lipinski definition) is 2. The monoisotopic (exact) mass is 281 g/mol. The van der Waals surface area contributed by atoms with Gasteiger partial charge in [-0.25, -0.2) is 0 Å². The summed E-state index contributed by atoms with van der Waals surface area (Å²) in [7, 11) is 0. The normalized spacial score (nSPS) is 22.5. The van der Waals surface area contributed by atoms with E-state index >= 15 is 0 Å². The van der Waals surface area contributed by atoms with Gasteiger partial charge in [0.05, 0.1) is 6.10 Å². The molecule has 0 atom stereocenters. The van der Waals surface area contributed by atoms with Gasteiger partial charge in [0.1, 0.15) is 0 Å². The second-order valence-electron chi connectivity index (χ2n) is 5.61. The second-order valence-corrected chi connectivity index (χ2v) is 6.02. The van der Waals surface area contributed by atoms with E-state index in [1.54, 1.807) is 0 Å². The first-order valence-corrected chi connectivity index (χ1v) is 7.64. The Balaban J connectivity index is 1.60. The average Bonchev–Trinajstić information content (AvgIpc) is 2.32. The van der Waals surface area contributed by atoms with Crippen LogP contribution in [0, 0.1) is 0 Å². The van der Waals surface area contributed by atoms with Gasteiger partial charge in [-0.1, -0.05) is 29.8 Å². The van der Waals surface area contributed by atoms with Crippen LogP contribution in [-0.4, -0.2) is 25.3 Å². The number of rotatable bonds is 7. The maximum atomic E-state index is 6.22. The molecule has 1 aromatic carbocycles. The molecule has 0 unspecified atom stereocenters. The third-order valence-corrected chi connectivity index (χ3v) is 4.03. The molecule has 106 valence electrons. The van der Waals surface area contributed by atoms with Gasteiger partial charge in [-0.2, -0.15) is 0 Å². The molecule has 1 aromatic rings. The Bertz CT molecular complexity index is 388. The van der Waals surface area contributed by atoms with Crippen molar-refractivity contribution in [2.24, 2.45) is 0 Å². The van der Waals surface area contributed by atoms with E-state index in [1.807, 2.05) is 12.1 Å². The van der Waals surface area contributed by atoms with Crippen molar-refractivity contribution in [3.05, 3.63) is 34.9 Å². The maximum absolute atomic E-state index is 6.22. The molecule has 0 amide bonds. The zero-order valence-corrected chi connectivity index (χ0v) is 12.6. The standard InChI is InChI=1S/C16H24ClNO/c1-12(2)19-9-5-8-18-14-10-13(11-14)15-6-3-4-7-16(15)17/h3-4,6-7,12-14,18H,5,8-11H2,1-2H3. The summed E-state index contributed by atoms with van der Waals surface area (Å²) in [4.78, 5) is 0. The Morgan fingerprint density at radius 2 is 2.05 bits per heavy atom. The van der Waals surface area contributed by atoms with Crippen LogP contribution < -0.4 is 5.32 Å². The average molecular weight is 282 g/mol. The smallest absolute Gasteiger partial charge is 0.0518 e. The summed E-state index contributed by atoms with van der Waals surface area (Å²) in [6.07, 6.45) is 3.84. The molecule has 1 aliphatic carbocycles. The van der Waals surface area contributed by atoms with Gasteiger partial charge >= 0.3 is 0 Å². The number of hydrogen-bond donors (Lipinski definition) is 1. The Kier molecular flexibility index (Phi) is 5.68. The molecule has 0 aliphatic heterocycles. The van der Waals surface area contributed by atoms with Crippen LogP contribution in [0.3, 0.4) is 0 Å². The van der Waals surface area contributed by atoms with Gasteiger partial charge in [0.2, 0.25) is 0 Å². The van der Waals surface area contributed by atoms with E-state index in [0.29, 0.717) is 18.1 Å². The van der Waals surface area contributed by atoms with Crippen molar-refractivity contribution in [2.75, 3.05) is 13.2 Å². The van der Waals surface area contributed by atoms with Gasteiger partial charge in [0, 0.05) is 17.7 Å². The lowest BCUT2D eigenvalue weighted by Gasteiger charge is -2.37. The molecule has 1 aliphatic rings. The molecule has 0 radical (unpaired) electrons. The van der Waals surface area contributed by atoms with Crippen LogP contribution in [0.4, 0.5) is 0 Å². The molecule has 3 heteroatoms. The highest BCUT2D eigenvalue weighted by Gasteiger charge is 2.30. The van der Waals surface area contributed by atoms with Crippen LogP contribution in [0.25, 0.3) is 0 Å². The zero-order valence-electron chi connectivity index (χ0n) is 11.9. The summed E-state index contributed by atoms with van der Waals surface area (Å²) in [6, 6.07) is 8.86. The highest BCUT2D eigenvalue weighted by atomic mass is 35.5. The highest BCUT2D eigenvalue weighted by Crippen LogP contribution is 2.39. The maximum Gasteiger partial charge on any atom is 0.0518 e. The third kappa shape index (κ3) is 4.48. The lowest BCUT2D eigenvalue weighted by molar-refractivity contribution is 0.0760. The summed E-state index contributed by atoms with van der Waals surface area (Å²) in [5.74, 6) is 0.637. The molecule has 0 bridgehead atoms. The molecule has 0 spiro atoms. The largest absolute Gasteiger partial charge is 0.379 e. The topological polar surface area (TPSA) is 21.3 Å². The van der Waals surface area contributed by atoms with Gasteiger partial charge in [0.25, 0.3) is 0 Å². The molecule has 0 aromatic heterocycles. The number of halogens is 1. The Morgan fingerprint density at radius 3 is 2.74 bits per heavy atom. The Morgan fingerprint density at radius 1 is 1.32 bits per heavy atom. The summed E-state index contributed by atoms with van der Waals surface area (Å²) < 4.78 is 5.52. The van der Waals surface area contributed by atoms with Crippen LogP contribution in [0.1, 0.15) is 44.6 Å². The third-order valence-electron chi connectivity index (χ3n) is 3.69. The summed E-state index contributed by atoms with van der Waals surface area (Å²) in [5, 5.41) is 4.50. The Labute approximate surface area is 121 Å². The van der Waals surface area contributed by atoms with Crippen molar-refractivity contribution in [1.29, 1.82) is 0 Å². The fourth-order valence-electron chi connectivity index (χ4n) is 2.54. The lowest BCUT2D eigenvalue weighted by atomic mass is 9.76. The number of nitrogens with one attached hydrogen (secondary N) is 1. The fraction of sp³-hybridized carbons (Fsp3) is 0.625. The zero-order chi connectivity index (χ0) is 13.7. The van der Waals surface area contributed by atoms with Gasteiger partial charge in [-0.05, 0) is 57.2 Å². The van der Waals surface area contributed by atoms with E-state index in [0.717, 1.165) is 24.6 Å². The van der Waals surface area contributed by atoms with Gasteiger partial charge in [0.15, 0.2) is 0 Å². The van der Waals surface area contributed by atoms with Crippen molar-refractivity contribution in [3.63, 3.8) is 0 Å². The van der Waals surface area contributed by atoms with E-state index in [-0.39, 0.29) is 0 Å². The molecule has 0 heterocycles. The summed E-state index contributed by atoms with van der Waals surface area (Å²) in [5.41, 5.74) is 1.31. The second kappa shape index (κ2) is 7.28. The molecule has 1 N–H and O–H groups in total. The van der Waals surface area contributed by atoms with Crippen LogP contribution in [0.15, 0.2) is 24.3 Å². The van der Waals surface area contributed by atoms with Crippen molar-refractivity contribution in [1.82, 2.24) is 5.32 Å². The van der Waals surface area contributed by atoms with E-state index in [4.69, 9.17) is 16.3 Å². The van der Waals surface area contributed by atoms with Gasteiger partial charge < -0.3 is 10.1 Å². The van der Waals surface area contributed by atoms with Crippen molar-refractivity contribution >= 4 is 11.6 Å². The minimum absolute atomic E-state index is 0.341. The summed E-state index contributed by atoms with van der Waals surface area (Å²) >= 11 is 6.22. The molecule has 1 fully saturated rings. The molecule has 2 rings (SSSR count).